The minimum atomic E-state index is -4.56. The molecule has 1 amide bonds. The highest BCUT2D eigenvalue weighted by atomic mass is 19.4. The van der Waals surface area contributed by atoms with Crippen LogP contribution in [0.4, 0.5) is 24.5 Å². The number of para-hydroxylation sites is 1. The quantitative estimate of drug-likeness (QED) is 0.627. The van der Waals surface area contributed by atoms with Gasteiger partial charge in [-0.1, -0.05) is 42.5 Å². The number of aromatic nitrogens is 1. The van der Waals surface area contributed by atoms with Crippen LogP contribution in [0.25, 0.3) is 0 Å². The Labute approximate surface area is 160 Å². The molecular formula is C21H18F3N3O. The van der Waals surface area contributed by atoms with Gasteiger partial charge < -0.3 is 10.6 Å². The van der Waals surface area contributed by atoms with E-state index in [2.05, 4.69) is 15.6 Å². The molecule has 0 aliphatic heterocycles. The molecule has 28 heavy (non-hydrogen) atoms. The summed E-state index contributed by atoms with van der Waals surface area (Å²) in [7, 11) is 0. The van der Waals surface area contributed by atoms with Crippen LogP contribution in [-0.4, -0.2) is 17.4 Å². The molecule has 0 aliphatic carbocycles. The number of anilines is 2. The Morgan fingerprint density at radius 1 is 0.964 bits per heavy atom. The molecule has 3 rings (SSSR count). The van der Waals surface area contributed by atoms with Gasteiger partial charge in [-0.25, -0.2) is 0 Å². The summed E-state index contributed by atoms with van der Waals surface area (Å²) in [4.78, 5) is 16.3. The van der Waals surface area contributed by atoms with Gasteiger partial charge in [0, 0.05) is 18.4 Å². The predicted molar refractivity (Wildman–Crippen MR) is 102 cm³/mol. The van der Waals surface area contributed by atoms with Crippen LogP contribution in [0, 0.1) is 0 Å². The van der Waals surface area contributed by atoms with Crippen molar-refractivity contribution in [1.82, 2.24) is 4.98 Å². The van der Waals surface area contributed by atoms with Crippen LogP contribution in [0.5, 0.6) is 0 Å². The highest BCUT2D eigenvalue weighted by Gasteiger charge is 2.33. The fourth-order valence-corrected chi connectivity index (χ4v) is 2.69. The van der Waals surface area contributed by atoms with Gasteiger partial charge in [-0.05, 0) is 36.2 Å². The maximum absolute atomic E-state index is 13.1. The van der Waals surface area contributed by atoms with Crippen molar-refractivity contribution in [3.8, 4) is 0 Å². The second-order valence-corrected chi connectivity index (χ2v) is 6.09. The second kappa shape index (κ2) is 8.56. The Balaban J connectivity index is 1.66. The van der Waals surface area contributed by atoms with Gasteiger partial charge in [-0.2, -0.15) is 13.2 Å². The number of pyridine rings is 1. The van der Waals surface area contributed by atoms with Crippen LogP contribution in [-0.2, 0) is 12.6 Å². The molecule has 2 aromatic carbocycles. The molecule has 0 saturated heterocycles. The zero-order valence-electron chi connectivity index (χ0n) is 14.8. The minimum absolute atomic E-state index is 0.0293. The van der Waals surface area contributed by atoms with Crippen LogP contribution in [0.1, 0.15) is 21.6 Å². The number of amides is 1. The third-order valence-electron chi connectivity index (χ3n) is 4.06. The molecule has 0 aliphatic rings. The van der Waals surface area contributed by atoms with E-state index in [9.17, 15) is 18.0 Å². The number of carbonyl (C=O) groups is 1. The van der Waals surface area contributed by atoms with Gasteiger partial charge in [0.1, 0.15) is 5.69 Å². The Hall–Kier alpha value is -3.35. The number of nitrogens with one attached hydrogen (secondary N) is 2. The van der Waals surface area contributed by atoms with E-state index in [1.165, 1.54) is 36.0 Å². The fraction of sp³-hybridized carbons (Fsp3) is 0.143. The van der Waals surface area contributed by atoms with Crippen LogP contribution in [0.2, 0.25) is 0 Å². The van der Waals surface area contributed by atoms with E-state index in [0.29, 0.717) is 12.2 Å². The summed E-state index contributed by atoms with van der Waals surface area (Å²) in [6, 6.07) is 18.0. The summed E-state index contributed by atoms with van der Waals surface area (Å²) in [6.07, 6.45) is -2.32. The van der Waals surface area contributed by atoms with E-state index >= 15 is 0 Å². The minimum Gasteiger partial charge on any atom is -0.385 e. The van der Waals surface area contributed by atoms with E-state index in [1.54, 1.807) is 6.07 Å². The van der Waals surface area contributed by atoms with E-state index in [0.717, 1.165) is 12.5 Å². The third-order valence-corrected chi connectivity index (χ3v) is 4.06. The summed E-state index contributed by atoms with van der Waals surface area (Å²) < 4.78 is 39.2. The van der Waals surface area contributed by atoms with Crippen molar-refractivity contribution in [3.63, 3.8) is 0 Å². The molecule has 0 fully saturated rings. The number of alkyl halides is 3. The van der Waals surface area contributed by atoms with Crippen LogP contribution in [0.3, 0.4) is 0 Å². The first-order chi connectivity index (χ1) is 13.4. The van der Waals surface area contributed by atoms with Gasteiger partial charge >= 0.3 is 6.18 Å². The normalized spacial score (nSPS) is 11.1. The summed E-state index contributed by atoms with van der Waals surface area (Å²) in [5.41, 5.74) is 0.664. The van der Waals surface area contributed by atoms with Gasteiger partial charge in [0.05, 0.1) is 11.3 Å². The molecule has 0 atom stereocenters. The zero-order chi connectivity index (χ0) is 20.0. The largest absolute Gasteiger partial charge is 0.418 e. The number of halogens is 3. The lowest BCUT2D eigenvalue weighted by atomic mass is 10.1. The Bertz CT molecular complexity index is 943. The first-order valence-corrected chi connectivity index (χ1v) is 8.65. The average Bonchev–Trinajstić information content (AvgIpc) is 2.69. The highest BCUT2D eigenvalue weighted by molar-refractivity contribution is 6.03. The van der Waals surface area contributed by atoms with Crippen molar-refractivity contribution < 1.29 is 18.0 Å². The number of benzene rings is 2. The molecule has 144 valence electrons. The van der Waals surface area contributed by atoms with Crippen molar-refractivity contribution in [2.45, 2.75) is 12.6 Å². The zero-order valence-corrected chi connectivity index (χ0v) is 14.8. The van der Waals surface area contributed by atoms with Crippen molar-refractivity contribution >= 4 is 17.3 Å². The molecular weight excluding hydrogens is 367 g/mol. The Morgan fingerprint density at radius 3 is 2.43 bits per heavy atom. The standard InChI is InChI=1S/C21H18F3N3O/c22-21(23,24)17-8-4-5-9-18(17)27-20(28)19-14-16(11-13-26-19)25-12-10-15-6-2-1-3-7-15/h1-9,11,13-14H,10,12H2,(H,25,26)(H,27,28). The molecule has 2 N–H and O–H groups in total. The lowest BCUT2D eigenvalue weighted by Crippen LogP contribution is -2.18. The number of rotatable bonds is 6. The van der Waals surface area contributed by atoms with Crippen molar-refractivity contribution in [2.24, 2.45) is 0 Å². The van der Waals surface area contributed by atoms with Gasteiger partial charge in [0.25, 0.3) is 5.91 Å². The lowest BCUT2D eigenvalue weighted by Gasteiger charge is -2.13. The van der Waals surface area contributed by atoms with E-state index in [-0.39, 0.29) is 11.4 Å². The number of carbonyl (C=O) groups excluding carboxylic acids is 1. The molecule has 0 spiro atoms. The molecule has 7 heteroatoms. The molecule has 0 saturated carbocycles. The number of hydrogen-bond donors (Lipinski definition) is 2. The van der Waals surface area contributed by atoms with Gasteiger partial charge in [-0.3, -0.25) is 9.78 Å². The van der Waals surface area contributed by atoms with Crippen LogP contribution >= 0.6 is 0 Å². The number of nitrogens with zero attached hydrogens (tertiary/aromatic N) is 1. The molecule has 0 unspecified atom stereocenters. The Morgan fingerprint density at radius 2 is 1.68 bits per heavy atom. The van der Waals surface area contributed by atoms with Crippen LogP contribution in [0.15, 0.2) is 72.9 Å². The molecule has 1 aromatic heterocycles. The third kappa shape index (κ3) is 5.09. The molecule has 4 nitrogen and oxygen atoms in total. The maximum atomic E-state index is 13.1. The topological polar surface area (TPSA) is 54.0 Å². The molecule has 0 bridgehead atoms. The number of hydrogen-bond acceptors (Lipinski definition) is 3. The van der Waals surface area contributed by atoms with E-state index < -0.39 is 17.6 Å². The van der Waals surface area contributed by atoms with E-state index in [4.69, 9.17) is 0 Å². The summed E-state index contributed by atoms with van der Waals surface area (Å²) in [6.45, 7) is 0.645. The van der Waals surface area contributed by atoms with Gasteiger partial charge in [0.15, 0.2) is 0 Å². The molecule has 3 aromatic rings. The van der Waals surface area contributed by atoms with Crippen molar-refractivity contribution in [3.05, 3.63) is 89.7 Å². The van der Waals surface area contributed by atoms with Crippen molar-refractivity contribution in [1.29, 1.82) is 0 Å². The van der Waals surface area contributed by atoms with E-state index in [1.807, 2.05) is 30.3 Å². The van der Waals surface area contributed by atoms with Crippen molar-refractivity contribution in [2.75, 3.05) is 17.2 Å². The van der Waals surface area contributed by atoms with Gasteiger partial charge in [-0.15, -0.1) is 0 Å². The highest BCUT2D eigenvalue weighted by Crippen LogP contribution is 2.34. The predicted octanol–water partition coefficient (Wildman–Crippen LogP) is 5.01. The lowest BCUT2D eigenvalue weighted by molar-refractivity contribution is -0.136. The molecule has 1 heterocycles. The maximum Gasteiger partial charge on any atom is 0.418 e. The average molecular weight is 385 g/mol. The first-order valence-electron chi connectivity index (χ1n) is 8.65. The second-order valence-electron chi connectivity index (χ2n) is 6.09. The smallest absolute Gasteiger partial charge is 0.385 e. The SMILES string of the molecule is O=C(Nc1ccccc1C(F)(F)F)c1cc(NCCc2ccccc2)ccn1. The Kier molecular flexibility index (Phi) is 5.93. The van der Waals surface area contributed by atoms with Gasteiger partial charge in [0.2, 0.25) is 0 Å². The summed E-state index contributed by atoms with van der Waals surface area (Å²) in [5, 5.41) is 5.48. The summed E-state index contributed by atoms with van der Waals surface area (Å²) >= 11 is 0. The fourth-order valence-electron chi connectivity index (χ4n) is 2.69. The first kappa shape index (κ1) is 19.4. The molecule has 0 radical (unpaired) electrons. The monoisotopic (exact) mass is 385 g/mol. The van der Waals surface area contributed by atoms with Crippen LogP contribution < -0.4 is 10.6 Å². The summed E-state index contributed by atoms with van der Waals surface area (Å²) in [5.74, 6) is -0.705.